The highest BCUT2D eigenvalue weighted by atomic mass is 19.1. The lowest BCUT2D eigenvalue weighted by atomic mass is 9.77. The maximum absolute atomic E-state index is 13.4. The maximum atomic E-state index is 13.4. The first-order chi connectivity index (χ1) is 9.12. The summed E-state index contributed by atoms with van der Waals surface area (Å²) in [6, 6.07) is 5.11. The Balaban J connectivity index is 1.93. The lowest BCUT2D eigenvalue weighted by molar-refractivity contribution is -0.0291. The minimum atomic E-state index is -0.198. The van der Waals surface area contributed by atoms with Crippen molar-refractivity contribution in [2.75, 3.05) is 6.61 Å². The Morgan fingerprint density at radius 2 is 2.16 bits per heavy atom. The molecule has 0 amide bonds. The molecule has 0 aliphatic heterocycles. The van der Waals surface area contributed by atoms with Crippen LogP contribution < -0.4 is 11.3 Å². The molecule has 1 aliphatic rings. The third-order valence-corrected chi connectivity index (χ3v) is 3.83. The number of benzene rings is 1. The molecule has 1 saturated carbocycles. The van der Waals surface area contributed by atoms with Gasteiger partial charge in [0.25, 0.3) is 0 Å². The summed E-state index contributed by atoms with van der Waals surface area (Å²) in [5.41, 5.74) is 4.67. The predicted molar refractivity (Wildman–Crippen MR) is 74.0 cm³/mol. The molecule has 1 atom stereocenters. The summed E-state index contributed by atoms with van der Waals surface area (Å²) < 4.78 is 19.0. The fraction of sp³-hybridized carbons (Fsp3) is 0.600. The van der Waals surface area contributed by atoms with Crippen LogP contribution in [0.1, 0.15) is 43.4 Å². The van der Waals surface area contributed by atoms with Gasteiger partial charge in [-0.3, -0.25) is 11.3 Å². The van der Waals surface area contributed by atoms with Crippen LogP contribution in [0.25, 0.3) is 0 Å². The summed E-state index contributed by atoms with van der Waals surface area (Å²) >= 11 is 0. The average Bonchev–Trinajstić information content (AvgIpc) is 2.30. The fourth-order valence-electron chi connectivity index (χ4n) is 2.84. The van der Waals surface area contributed by atoms with Crippen LogP contribution in [0.4, 0.5) is 4.39 Å². The highest BCUT2D eigenvalue weighted by Gasteiger charge is 2.31. The molecule has 0 spiro atoms. The molecule has 1 aromatic rings. The Labute approximate surface area is 114 Å². The van der Waals surface area contributed by atoms with E-state index in [1.54, 1.807) is 6.07 Å². The van der Waals surface area contributed by atoms with E-state index in [0.717, 1.165) is 37.0 Å². The van der Waals surface area contributed by atoms with E-state index in [1.807, 2.05) is 19.9 Å². The second-order valence-corrected chi connectivity index (χ2v) is 5.43. The van der Waals surface area contributed by atoms with Crippen LogP contribution in [-0.4, -0.2) is 12.7 Å². The monoisotopic (exact) mass is 266 g/mol. The standard InChI is InChI=1S/C15H23FN2O/c1-3-19-14-6-11(7-14)8-15(18-17)12-4-10(2)5-13(16)9-12/h4-5,9,11,14-15,18H,3,6-8,17H2,1-2H3. The number of hydrazine groups is 1. The number of hydrogen-bond acceptors (Lipinski definition) is 3. The summed E-state index contributed by atoms with van der Waals surface area (Å²) in [7, 11) is 0. The molecule has 1 unspecified atom stereocenters. The molecule has 2 rings (SSSR count). The minimum Gasteiger partial charge on any atom is -0.378 e. The zero-order valence-corrected chi connectivity index (χ0v) is 11.7. The molecule has 0 heterocycles. The van der Waals surface area contributed by atoms with Gasteiger partial charge in [0.05, 0.1) is 6.10 Å². The molecule has 0 bridgehead atoms. The lowest BCUT2D eigenvalue weighted by Crippen LogP contribution is -2.36. The van der Waals surface area contributed by atoms with Crippen molar-refractivity contribution in [3.63, 3.8) is 0 Å². The van der Waals surface area contributed by atoms with Crippen molar-refractivity contribution in [1.29, 1.82) is 0 Å². The van der Waals surface area contributed by atoms with E-state index < -0.39 is 0 Å². The number of hydrogen-bond donors (Lipinski definition) is 2. The van der Waals surface area contributed by atoms with Crippen LogP contribution in [-0.2, 0) is 4.74 Å². The van der Waals surface area contributed by atoms with Gasteiger partial charge in [-0.1, -0.05) is 6.07 Å². The summed E-state index contributed by atoms with van der Waals surface area (Å²) in [6.07, 6.45) is 3.51. The van der Waals surface area contributed by atoms with Crippen molar-refractivity contribution in [3.8, 4) is 0 Å². The van der Waals surface area contributed by atoms with Crippen molar-refractivity contribution in [2.45, 2.75) is 45.3 Å². The van der Waals surface area contributed by atoms with Gasteiger partial charge in [0, 0.05) is 12.6 Å². The molecule has 1 aliphatic carbocycles. The van der Waals surface area contributed by atoms with Crippen LogP contribution in [0.3, 0.4) is 0 Å². The highest BCUT2D eigenvalue weighted by Crippen LogP contribution is 2.36. The number of halogens is 1. The van der Waals surface area contributed by atoms with Crippen molar-refractivity contribution >= 4 is 0 Å². The van der Waals surface area contributed by atoms with Crippen molar-refractivity contribution in [1.82, 2.24) is 5.43 Å². The van der Waals surface area contributed by atoms with Crippen molar-refractivity contribution in [3.05, 3.63) is 35.1 Å². The predicted octanol–water partition coefficient (Wildman–Crippen LogP) is 2.84. The molecule has 3 N–H and O–H groups in total. The second kappa shape index (κ2) is 6.46. The molecule has 19 heavy (non-hydrogen) atoms. The molecule has 0 saturated heterocycles. The molecule has 3 nitrogen and oxygen atoms in total. The molecule has 0 radical (unpaired) electrons. The fourth-order valence-corrected chi connectivity index (χ4v) is 2.84. The van der Waals surface area contributed by atoms with E-state index in [4.69, 9.17) is 10.6 Å². The van der Waals surface area contributed by atoms with Crippen LogP contribution in [0.15, 0.2) is 18.2 Å². The molecule has 1 aromatic carbocycles. The molecule has 4 heteroatoms. The summed E-state index contributed by atoms with van der Waals surface area (Å²) in [6.45, 7) is 4.70. The third kappa shape index (κ3) is 3.75. The first kappa shape index (κ1) is 14.4. The summed E-state index contributed by atoms with van der Waals surface area (Å²) in [5, 5.41) is 0. The molecular formula is C15H23FN2O. The number of aryl methyl sites for hydroxylation is 1. The van der Waals surface area contributed by atoms with E-state index >= 15 is 0 Å². The number of ether oxygens (including phenoxy) is 1. The number of nitrogens with one attached hydrogen (secondary N) is 1. The van der Waals surface area contributed by atoms with Gasteiger partial charge in [-0.2, -0.15) is 0 Å². The maximum Gasteiger partial charge on any atom is 0.123 e. The number of nitrogens with two attached hydrogens (primary N) is 1. The zero-order chi connectivity index (χ0) is 13.8. The smallest absolute Gasteiger partial charge is 0.123 e. The second-order valence-electron chi connectivity index (χ2n) is 5.43. The van der Waals surface area contributed by atoms with Gasteiger partial charge in [-0.25, -0.2) is 4.39 Å². The largest absolute Gasteiger partial charge is 0.378 e. The number of rotatable bonds is 6. The minimum absolute atomic E-state index is 0.0157. The Bertz CT molecular complexity index is 398. The topological polar surface area (TPSA) is 47.3 Å². The van der Waals surface area contributed by atoms with E-state index in [0.29, 0.717) is 12.0 Å². The van der Waals surface area contributed by atoms with Crippen LogP contribution in [0.2, 0.25) is 0 Å². The SMILES string of the molecule is CCOC1CC(CC(NN)c2cc(C)cc(F)c2)C1. The van der Waals surface area contributed by atoms with Crippen LogP contribution in [0, 0.1) is 18.7 Å². The zero-order valence-electron chi connectivity index (χ0n) is 11.7. The quantitative estimate of drug-likeness (QED) is 0.615. The summed E-state index contributed by atoms with van der Waals surface area (Å²) in [4.78, 5) is 0. The van der Waals surface area contributed by atoms with Gasteiger partial charge in [-0.15, -0.1) is 0 Å². The Morgan fingerprint density at radius 1 is 1.42 bits per heavy atom. The Hall–Kier alpha value is -0.970. The lowest BCUT2D eigenvalue weighted by Gasteiger charge is -2.37. The molecule has 0 aromatic heterocycles. The van der Waals surface area contributed by atoms with Gasteiger partial charge in [0.15, 0.2) is 0 Å². The molecular weight excluding hydrogens is 243 g/mol. The van der Waals surface area contributed by atoms with Crippen LogP contribution >= 0.6 is 0 Å². The normalized spacial score (nSPS) is 24.0. The Kier molecular flexibility index (Phi) is 4.91. The van der Waals surface area contributed by atoms with Crippen molar-refractivity contribution in [2.24, 2.45) is 11.8 Å². The van der Waals surface area contributed by atoms with Crippen molar-refractivity contribution < 1.29 is 9.13 Å². The van der Waals surface area contributed by atoms with E-state index in [-0.39, 0.29) is 11.9 Å². The summed E-state index contributed by atoms with van der Waals surface area (Å²) in [5.74, 6) is 6.04. The van der Waals surface area contributed by atoms with E-state index in [2.05, 4.69) is 5.43 Å². The van der Waals surface area contributed by atoms with E-state index in [1.165, 1.54) is 6.07 Å². The first-order valence-corrected chi connectivity index (χ1v) is 6.97. The van der Waals surface area contributed by atoms with Gasteiger partial charge in [0.1, 0.15) is 5.82 Å². The third-order valence-electron chi connectivity index (χ3n) is 3.83. The molecule has 1 fully saturated rings. The Morgan fingerprint density at radius 3 is 2.74 bits per heavy atom. The van der Waals surface area contributed by atoms with Gasteiger partial charge in [0.2, 0.25) is 0 Å². The van der Waals surface area contributed by atoms with Gasteiger partial charge < -0.3 is 4.74 Å². The average molecular weight is 266 g/mol. The highest BCUT2D eigenvalue weighted by molar-refractivity contribution is 5.26. The van der Waals surface area contributed by atoms with Gasteiger partial charge in [-0.05, 0) is 62.3 Å². The van der Waals surface area contributed by atoms with Crippen LogP contribution in [0.5, 0.6) is 0 Å². The van der Waals surface area contributed by atoms with E-state index in [9.17, 15) is 4.39 Å². The van der Waals surface area contributed by atoms with Gasteiger partial charge >= 0.3 is 0 Å². The molecule has 106 valence electrons. The first-order valence-electron chi connectivity index (χ1n) is 6.97.